The second kappa shape index (κ2) is 5.84. The minimum Gasteiger partial charge on any atom is -0.339 e. The van der Waals surface area contributed by atoms with Gasteiger partial charge in [-0.05, 0) is 25.6 Å². The molecule has 5 heteroatoms. The van der Waals surface area contributed by atoms with Crippen molar-refractivity contribution in [2.45, 2.75) is 29.4 Å². The lowest BCUT2D eigenvalue weighted by Gasteiger charge is -2.12. The summed E-state index contributed by atoms with van der Waals surface area (Å²) < 4.78 is 0. The Labute approximate surface area is 105 Å². The van der Waals surface area contributed by atoms with Gasteiger partial charge in [0.25, 0.3) is 0 Å². The molecule has 0 fully saturated rings. The van der Waals surface area contributed by atoms with Gasteiger partial charge in [0.15, 0.2) is 5.16 Å². The quantitative estimate of drug-likeness (QED) is 0.854. The summed E-state index contributed by atoms with van der Waals surface area (Å²) in [4.78, 5) is 12.8. The molecule has 0 saturated carbocycles. The Balaban J connectivity index is 2.07. The van der Waals surface area contributed by atoms with E-state index in [0.29, 0.717) is 6.04 Å². The van der Waals surface area contributed by atoms with Crippen molar-refractivity contribution in [3.63, 3.8) is 0 Å². The van der Waals surface area contributed by atoms with Gasteiger partial charge in [0.05, 0.1) is 5.69 Å². The molecule has 90 valence electrons. The minimum atomic E-state index is 0.331. The Morgan fingerprint density at radius 3 is 2.82 bits per heavy atom. The Kier molecular flexibility index (Phi) is 4.17. The first kappa shape index (κ1) is 12.1. The van der Waals surface area contributed by atoms with Crippen molar-refractivity contribution in [2.24, 2.45) is 0 Å². The van der Waals surface area contributed by atoms with Crippen LogP contribution in [-0.4, -0.2) is 22.0 Å². The second-order valence-corrected chi connectivity index (χ2v) is 4.73. The smallest absolute Gasteiger partial charge is 0.170 e. The third-order valence-electron chi connectivity index (χ3n) is 2.56. The van der Waals surface area contributed by atoms with Crippen molar-refractivity contribution in [1.29, 1.82) is 0 Å². The predicted molar refractivity (Wildman–Crippen MR) is 69.0 cm³/mol. The normalized spacial score (nSPS) is 12.6. The van der Waals surface area contributed by atoms with Gasteiger partial charge >= 0.3 is 0 Å². The standard InChI is InChI=1S/C12H16N4S/c1-3-10(13-2)11-5-4-9(8-16-11)17-12-14-6-7-15-12/h4-8,10,13H,3H2,1-2H3,(H,14,15). The lowest BCUT2D eigenvalue weighted by molar-refractivity contribution is 0.561. The van der Waals surface area contributed by atoms with Crippen molar-refractivity contribution in [2.75, 3.05) is 7.05 Å². The number of nitrogens with zero attached hydrogens (tertiary/aromatic N) is 2. The largest absolute Gasteiger partial charge is 0.339 e. The molecule has 2 aromatic heterocycles. The zero-order chi connectivity index (χ0) is 12.1. The SMILES string of the molecule is CCC(NC)c1ccc(Sc2ncc[nH]2)cn1. The van der Waals surface area contributed by atoms with Gasteiger partial charge < -0.3 is 10.3 Å². The van der Waals surface area contributed by atoms with Gasteiger partial charge in [0.2, 0.25) is 0 Å². The van der Waals surface area contributed by atoms with E-state index >= 15 is 0 Å². The molecule has 0 aliphatic heterocycles. The van der Waals surface area contributed by atoms with E-state index in [2.05, 4.69) is 39.3 Å². The lowest BCUT2D eigenvalue weighted by Crippen LogP contribution is -2.16. The predicted octanol–water partition coefficient (Wildman–Crippen LogP) is 2.63. The van der Waals surface area contributed by atoms with Crippen LogP contribution in [0.2, 0.25) is 0 Å². The van der Waals surface area contributed by atoms with Crippen molar-refractivity contribution in [3.05, 3.63) is 36.4 Å². The van der Waals surface area contributed by atoms with Gasteiger partial charge in [-0.25, -0.2) is 4.98 Å². The topological polar surface area (TPSA) is 53.6 Å². The summed E-state index contributed by atoms with van der Waals surface area (Å²) in [6, 6.07) is 4.48. The Hall–Kier alpha value is -1.33. The highest BCUT2D eigenvalue weighted by Gasteiger charge is 2.08. The van der Waals surface area contributed by atoms with E-state index < -0.39 is 0 Å². The first-order valence-electron chi connectivity index (χ1n) is 5.64. The summed E-state index contributed by atoms with van der Waals surface area (Å²) in [6.45, 7) is 2.15. The molecule has 0 aliphatic carbocycles. The number of pyridine rings is 1. The van der Waals surface area contributed by atoms with Crippen molar-refractivity contribution < 1.29 is 0 Å². The minimum absolute atomic E-state index is 0.331. The van der Waals surface area contributed by atoms with Crippen LogP contribution < -0.4 is 5.32 Å². The molecule has 1 atom stereocenters. The molecule has 0 aromatic carbocycles. The molecule has 0 aliphatic rings. The third kappa shape index (κ3) is 3.08. The van der Waals surface area contributed by atoms with Crippen LogP contribution in [0, 0.1) is 0 Å². The maximum atomic E-state index is 4.48. The van der Waals surface area contributed by atoms with E-state index in [-0.39, 0.29) is 0 Å². The molecule has 17 heavy (non-hydrogen) atoms. The Morgan fingerprint density at radius 2 is 2.29 bits per heavy atom. The first-order valence-corrected chi connectivity index (χ1v) is 6.45. The fraction of sp³-hybridized carbons (Fsp3) is 0.333. The molecule has 0 spiro atoms. The highest BCUT2D eigenvalue weighted by molar-refractivity contribution is 7.99. The Morgan fingerprint density at radius 1 is 1.41 bits per heavy atom. The zero-order valence-electron chi connectivity index (χ0n) is 9.97. The Bertz CT molecular complexity index is 434. The average Bonchev–Trinajstić information content (AvgIpc) is 2.86. The number of imidazole rings is 1. The molecular weight excluding hydrogens is 232 g/mol. The van der Waals surface area contributed by atoms with Crippen molar-refractivity contribution in [3.8, 4) is 0 Å². The average molecular weight is 248 g/mol. The van der Waals surface area contributed by atoms with Gasteiger partial charge in [0.1, 0.15) is 0 Å². The van der Waals surface area contributed by atoms with Crippen LogP contribution in [0.25, 0.3) is 0 Å². The lowest BCUT2D eigenvalue weighted by atomic mass is 10.1. The number of H-pyrrole nitrogens is 1. The number of aromatic amines is 1. The number of rotatable bonds is 5. The van der Waals surface area contributed by atoms with E-state index in [1.54, 1.807) is 18.0 Å². The number of aromatic nitrogens is 3. The van der Waals surface area contributed by atoms with E-state index in [1.165, 1.54) is 0 Å². The molecule has 0 bridgehead atoms. The summed E-state index contributed by atoms with van der Waals surface area (Å²) in [6.07, 6.45) is 6.49. The zero-order valence-corrected chi connectivity index (χ0v) is 10.8. The van der Waals surface area contributed by atoms with Crippen LogP contribution in [-0.2, 0) is 0 Å². The summed E-state index contributed by atoms with van der Waals surface area (Å²) in [5, 5.41) is 4.13. The van der Waals surface area contributed by atoms with Crippen LogP contribution >= 0.6 is 11.8 Å². The maximum Gasteiger partial charge on any atom is 0.170 e. The summed E-state index contributed by atoms with van der Waals surface area (Å²) in [7, 11) is 1.96. The van der Waals surface area contributed by atoms with Crippen LogP contribution in [0.3, 0.4) is 0 Å². The molecule has 2 N–H and O–H groups in total. The molecule has 0 amide bonds. The fourth-order valence-corrected chi connectivity index (χ4v) is 2.34. The van der Waals surface area contributed by atoms with Gasteiger partial charge in [-0.15, -0.1) is 0 Å². The molecule has 1 unspecified atom stereocenters. The summed E-state index contributed by atoms with van der Waals surface area (Å²) >= 11 is 1.58. The summed E-state index contributed by atoms with van der Waals surface area (Å²) in [5.74, 6) is 0. The van der Waals surface area contributed by atoms with E-state index in [1.807, 2.05) is 19.4 Å². The number of hydrogen-bond acceptors (Lipinski definition) is 4. The molecule has 2 rings (SSSR count). The molecule has 4 nitrogen and oxygen atoms in total. The van der Waals surface area contributed by atoms with Crippen LogP contribution in [0.5, 0.6) is 0 Å². The first-order chi connectivity index (χ1) is 8.33. The fourth-order valence-electron chi connectivity index (χ4n) is 1.64. The van der Waals surface area contributed by atoms with Gasteiger partial charge in [-0.3, -0.25) is 4.98 Å². The van der Waals surface area contributed by atoms with Crippen LogP contribution in [0.15, 0.2) is 40.8 Å². The third-order valence-corrected chi connectivity index (χ3v) is 3.45. The van der Waals surface area contributed by atoms with Crippen LogP contribution in [0.4, 0.5) is 0 Å². The molecule has 2 heterocycles. The monoisotopic (exact) mass is 248 g/mol. The van der Waals surface area contributed by atoms with Crippen LogP contribution in [0.1, 0.15) is 25.1 Å². The molecule has 0 saturated heterocycles. The maximum absolute atomic E-state index is 4.48. The van der Waals surface area contributed by atoms with Gasteiger partial charge in [-0.2, -0.15) is 0 Å². The van der Waals surface area contributed by atoms with E-state index in [4.69, 9.17) is 0 Å². The van der Waals surface area contributed by atoms with Crippen molar-refractivity contribution in [1.82, 2.24) is 20.3 Å². The summed E-state index contributed by atoms with van der Waals surface area (Å²) in [5.41, 5.74) is 1.08. The van der Waals surface area contributed by atoms with E-state index in [9.17, 15) is 0 Å². The highest BCUT2D eigenvalue weighted by atomic mass is 32.2. The second-order valence-electron chi connectivity index (χ2n) is 3.66. The molecule has 2 aromatic rings. The van der Waals surface area contributed by atoms with Gasteiger partial charge in [-0.1, -0.05) is 18.7 Å². The number of hydrogen-bond donors (Lipinski definition) is 2. The molecule has 0 radical (unpaired) electrons. The van der Waals surface area contributed by atoms with E-state index in [0.717, 1.165) is 22.2 Å². The van der Waals surface area contributed by atoms with Gasteiger partial charge in [0, 0.05) is 29.5 Å². The highest BCUT2D eigenvalue weighted by Crippen LogP contribution is 2.24. The van der Waals surface area contributed by atoms with Crippen molar-refractivity contribution >= 4 is 11.8 Å². The molecular formula is C12H16N4S. The number of nitrogens with one attached hydrogen (secondary N) is 2.